The number of rotatable bonds is 13. The number of aromatic amines is 1. The van der Waals surface area contributed by atoms with Crippen LogP contribution in [-0.2, 0) is 25.6 Å². The molecule has 4 atom stereocenters. The minimum atomic E-state index is -1.15. The Morgan fingerprint density at radius 2 is 1.76 bits per heavy atom. The number of nitrogens with two attached hydrogens (primary N) is 1. The molecular weight excluding hydrogens is 478 g/mol. The number of thiol groups is 1. The van der Waals surface area contributed by atoms with E-state index in [1.807, 2.05) is 30.5 Å². The predicted molar refractivity (Wildman–Crippen MR) is 136 cm³/mol. The molecule has 0 aliphatic rings. The summed E-state index contributed by atoms with van der Waals surface area (Å²) in [6.45, 7) is 1.47. The molecule has 0 radical (unpaired) electrons. The summed E-state index contributed by atoms with van der Waals surface area (Å²) in [4.78, 5) is 52.6. The number of carbonyl (C=O) groups excluding carboxylic acids is 3. The van der Waals surface area contributed by atoms with Crippen LogP contribution in [0.4, 0.5) is 0 Å². The number of para-hydroxylation sites is 1. The summed E-state index contributed by atoms with van der Waals surface area (Å²) in [6.07, 6.45) is 3.95. The molecule has 0 spiro atoms. The van der Waals surface area contributed by atoms with Gasteiger partial charge in [0.15, 0.2) is 0 Å². The molecule has 0 aliphatic heterocycles. The quantitative estimate of drug-likeness (QED) is 0.190. The lowest BCUT2D eigenvalue weighted by atomic mass is 10.0. The molecule has 0 aliphatic carbocycles. The van der Waals surface area contributed by atoms with Crippen molar-refractivity contribution in [1.82, 2.24) is 20.9 Å². The van der Waals surface area contributed by atoms with Crippen molar-refractivity contribution < 1.29 is 24.3 Å². The Hall–Kier alpha value is -2.70. The van der Waals surface area contributed by atoms with Gasteiger partial charge in [0.1, 0.15) is 18.1 Å². The molecule has 10 nitrogen and oxygen atoms in total. The van der Waals surface area contributed by atoms with Crippen LogP contribution >= 0.6 is 24.4 Å². The smallest absolute Gasteiger partial charge is 0.326 e. The monoisotopic (exact) mass is 509 g/mol. The second-order valence-electron chi connectivity index (χ2n) is 7.83. The molecule has 2 rings (SSSR count). The van der Waals surface area contributed by atoms with Crippen LogP contribution in [0.25, 0.3) is 10.9 Å². The first-order chi connectivity index (χ1) is 16.2. The number of nitrogens with one attached hydrogen (secondary N) is 4. The zero-order valence-electron chi connectivity index (χ0n) is 19.0. The topological polar surface area (TPSA) is 166 Å². The SMILES string of the molecule is CSCCC(NC(=O)C(Cc1c[nH]c2ccccc12)NC(=O)C(C)NC(=O)C(N)CS)C(=O)O. The highest BCUT2D eigenvalue weighted by Crippen LogP contribution is 2.19. The lowest BCUT2D eigenvalue weighted by Gasteiger charge is -2.23. The average molecular weight is 510 g/mol. The normalized spacial score (nSPS) is 14.6. The predicted octanol–water partition coefficient (Wildman–Crippen LogP) is 0.280. The molecular formula is C22H31N5O5S2. The van der Waals surface area contributed by atoms with Crippen molar-refractivity contribution in [3.63, 3.8) is 0 Å². The summed E-state index contributed by atoms with van der Waals surface area (Å²) < 4.78 is 0. The van der Waals surface area contributed by atoms with E-state index in [1.165, 1.54) is 18.7 Å². The van der Waals surface area contributed by atoms with E-state index in [2.05, 4.69) is 33.6 Å². The Morgan fingerprint density at radius 3 is 2.41 bits per heavy atom. The van der Waals surface area contributed by atoms with E-state index in [4.69, 9.17) is 5.73 Å². The first-order valence-electron chi connectivity index (χ1n) is 10.7. The third-order valence-corrected chi connectivity index (χ3v) is 6.28. The van der Waals surface area contributed by atoms with Gasteiger partial charge >= 0.3 is 5.97 Å². The van der Waals surface area contributed by atoms with E-state index in [9.17, 15) is 24.3 Å². The molecule has 0 saturated heterocycles. The minimum Gasteiger partial charge on any atom is -0.480 e. The molecule has 1 heterocycles. The number of H-pyrrole nitrogens is 1. The van der Waals surface area contributed by atoms with Gasteiger partial charge in [-0.3, -0.25) is 14.4 Å². The molecule has 0 saturated carbocycles. The number of carbonyl (C=O) groups is 4. The summed E-state index contributed by atoms with van der Waals surface area (Å²) in [7, 11) is 0. The van der Waals surface area contributed by atoms with Crippen molar-refractivity contribution in [3.8, 4) is 0 Å². The number of fused-ring (bicyclic) bond motifs is 1. The Bertz CT molecular complexity index is 1010. The number of carboxylic acid groups (broad SMARTS) is 1. The maximum atomic E-state index is 13.1. The van der Waals surface area contributed by atoms with Gasteiger partial charge in [-0.05, 0) is 37.0 Å². The highest BCUT2D eigenvalue weighted by Gasteiger charge is 2.29. The summed E-state index contributed by atoms with van der Waals surface area (Å²) >= 11 is 5.44. The Labute approximate surface area is 207 Å². The Kier molecular flexibility index (Phi) is 10.7. The maximum Gasteiger partial charge on any atom is 0.326 e. The molecule has 34 heavy (non-hydrogen) atoms. The Morgan fingerprint density at radius 1 is 1.09 bits per heavy atom. The number of benzene rings is 1. The van der Waals surface area contributed by atoms with Crippen LogP contribution in [0.15, 0.2) is 30.5 Å². The highest BCUT2D eigenvalue weighted by atomic mass is 32.2. The van der Waals surface area contributed by atoms with E-state index in [0.29, 0.717) is 5.75 Å². The molecule has 1 aromatic heterocycles. The first-order valence-corrected chi connectivity index (χ1v) is 12.7. The number of carboxylic acids is 1. The van der Waals surface area contributed by atoms with E-state index in [1.54, 1.807) is 6.20 Å². The molecule has 186 valence electrons. The van der Waals surface area contributed by atoms with Crippen molar-refractivity contribution in [2.75, 3.05) is 17.8 Å². The standard InChI is InChI=1S/C22H31N5O5S2/c1-12(25-20(29)15(23)11-33)19(28)27-18(21(30)26-17(22(31)32)7-8-34-2)9-13-10-24-16-6-4-3-5-14(13)16/h3-6,10,12,15,17-18,24,33H,7-9,11,23H2,1-2H3,(H,25,29)(H,26,30)(H,27,28)(H,31,32). The lowest BCUT2D eigenvalue weighted by molar-refractivity contribution is -0.142. The molecule has 7 N–H and O–H groups in total. The van der Waals surface area contributed by atoms with Gasteiger partial charge in [0.2, 0.25) is 17.7 Å². The van der Waals surface area contributed by atoms with Crippen molar-refractivity contribution in [2.24, 2.45) is 5.73 Å². The van der Waals surface area contributed by atoms with Crippen LogP contribution in [0.3, 0.4) is 0 Å². The minimum absolute atomic E-state index is 0.110. The number of hydrogen-bond donors (Lipinski definition) is 7. The van der Waals surface area contributed by atoms with Crippen LogP contribution in [0, 0.1) is 0 Å². The molecule has 0 bridgehead atoms. The molecule has 3 amide bonds. The first kappa shape index (κ1) is 27.5. The van der Waals surface area contributed by atoms with Gasteiger partial charge in [-0.15, -0.1) is 0 Å². The number of amides is 3. The van der Waals surface area contributed by atoms with Crippen LogP contribution in [0.5, 0.6) is 0 Å². The zero-order chi connectivity index (χ0) is 25.3. The third kappa shape index (κ3) is 7.67. The number of thioether (sulfide) groups is 1. The van der Waals surface area contributed by atoms with E-state index >= 15 is 0 Å². The van der Waals surface area contributed by atoms with Gasteiger partial charge in [0.05, 0.1) is 6.04 Å². The second kappa shape index (κ2) is 13.3. The fraction of sp³-hybridized carbons (Fsp3) is 0.455. The van der Waals surface area contributed by atoms with Gasteiger partial charge in [-0.25, -0.2) is 4.79 Å². The van der Waals surface area contributed by atoms with E-state index < -0.39 is 47.9 Å². The van der Waals surface area contributed by atoms with Crippen molar-refractivity contribution in [2.45, 2.75) is 43.9 Å². The van der Waals surface area contributed by atoms with Crippen LogP contribution < -0.4 is 21.7 Å². The summed E-state index contributed by atoms with van der Waals surface area (Å²) in [5.74, 6) is -2.27. The number of hydrogen-bond acceptors (Lipinski definition) is 7. The van der Waals surface area contributed by atoms with Gasteiger partial charge < -0.3 is 31.8 Å². The molecule has 2 aromatic rings. The van der Waals surface area contributed by atoms with Crippen molar-refractivity contribution >= 4 is 59.0 Å². The van der Waals surface area contributed by atoms with E-state index in [0.717, 1.165) is 16.5 Å². The molecule has 0 fully saturated rings. The second-order valence-corrected chi connectivity index (χ2v) is 9.18. The third-order valence-electron chi connectivity index (χ3n) is 5.24. The van der Waals surface area contributed by atoms with Crippen LogP contribution in [-0.4, -0.2) is 75.7 Å². The fourth-order valence-corrected chi connectivity index (χ4v) is 3.90. The summed E-state index contributed by atoms with van der Waals surface area (Å²) in [5, 5.41) is 18.0. The van der Waals surface area contributed by atoms with Crippen LogP contribution in [0.1, 0.15) is 18.9 Å². The van der Waals surface area contributed by atoms with Crippen LogP contribution in [0.2, 0.25) is 0 Å². The average Bonchev–Trinajstić information content (AvgIpc) is 3.22. The maximum absolute atomic E-state index is 13.1. The van der Waals surface area contributed by atoms with Gasteiger partial charge in [-0.2, -0.15) is 24.4 Å². The number of aromatic nitrogens is 1. The lowest BCUT2D eigenvalue weighted by Crippen LogP contribution is -2.57. The summed E-state index contributed by atoms with van der Waals surface area (Å²) in [5.41, 5.74) is 7.28. The largest absolute Gasteiger partial charge is 0.480 e. The van der Waals surface area contributed by atoms with Gasteiger partial charge in [0, 0.05) is 29.3 Å². The van der Waals surface area contributed by atoms with E-state index in [-0.39, 0.29) is 18.6 Å². The van der Waals surface area contributed by atoms with Crippen molar-refractivity contribution in [3.05, 3.63) is 36.0 Å². The van der Waals surface area contributed by atoms with Gasteiger partial charge in [0.25, 0.3) is 0 Å². The highest BCUT2D eigenvalue weighted by molar-refractivity contribution is 7.98. The molecule has 12 heteroatoms. The van der Waals surface area contributed by atoms with Crippen molar-refractivity contribution in [1.29, 1.82) is 0 Å². The fourth-order valence-electron chi connectivity index (χ4n) is 3.26. The number of aliphatic carboxylic acids is 1. The summed E-state index contributed by atoms with van der Waals surface area (Å²) in [6, 6.07) is 3.50. The zero-order valence-corrected chi connectivity index (χ0v) is 20.7. The molecule has 1 aromatic carbocycles. The Balaban J connectivity index is 2.22. The van der Waals surface area contributed by atoms with Gasteiger partial charge in [-0.1, -0.05) is 18.2 Å². The molecule has 4 unspecified atom stereocenters.